The molecule has 2 rings (SSSR count). The smallest absolute Gasteiger partial charge is 0.310 e. The number of nitrogens with zero attached hydrogens (tertiary/aromatic N) is 1. The predicted octanol–water partition coefficient (Wildman–Crippen LogP) is 2.77. The zero-order valence-electron chi connectivity index (χ0n) is 10.8. The van der Waals surface area contributed by atoms with Crippen molar-refractivity contribution in [2.45, 2.75) is 20.3 Å². The second kappa shape index (κ2) is 5.44. The Labute approximate surface area is 112 Å². The summed E-state index contributed by atoms with van der Waals surface area (Å²) in [4.78, 5) is 4.08. The number of aryl methyl sites for hydroxylation is 1. The lowest BCUT2D eigenvalue weighted by Crippen LogP contribution is -2.13. The molecule has 1 heterocycles. The van der Waals surface area contributed by atoms with Gasteiger partial charge in [0.15, 0.2) is 5.76 Å². The van der Waals surface area contributed by atoms with Crippen molar-refractivity contribution in [3.63, 3.8) is 0 Å². The average molecular weight is 281 g/mol. The summed E-state index contributed by atoms with van der Waals surface area (Å²) in [6.07, 6.45) is 0.491. The Kier molecular flexibility index (Phi) is 3.90. The Hall–Kier alpha value is -1.82. The second-order valence-corrected chi connectivity index (χ2v) is 5.78. The van der Waals surface area contributed by atoms with Crippen LogP contribution in [-0.2, 0) is 10.1 Å². The van der Waals surface area contributed by atoms with Crippen molar-refractivity contribution in [1.82, 2.24) is 4.98 Å². The SMILES string of the molecule is CCCS(=O)(=O)Oc1nc(-c2ccccc2)oc1C. The van der Waals surface area contributed by atoms with E-state index in [1.54, 1.807) is 13.8 Å². The van der Waals surface area contributed by atoms with Gasteiger partial charge in [-0.05, 0) is 25.5 Å². The zero-order valence-corrected chi connectivity index (χ0v) is 11.6. The van der Waals surface area contributed by atoms with Gasteiger partial charge in [-0.2, -0.15) is 13.4 Å². The quantitative estimate of drug-likeness (QED) is 0.788. The number of hydrogen-bond donors (Lipinski definition) is 0. The fourth-order valence-electron chi connectivity index (χ4n) is 1.58. The third kappa shape index (κ3) is 3.35. The predicted molar refractivity (Wildman–Crippen MR) is 71.4 cm³/mol. The highest BCUT2D eigenvalue weighted by atomic mass is 32.2. The van der Waals surface area contributed by atoms with Gasteiger partial charge in [0, 0.05) is 5.56 Å². The summed E-state index contributed by atoms with van der Waals surface area (Å²) in [5, 5.41) is 0. The molecule has 0 saturated heterocycles. The van der Waals surface area contributed by atoms with Crippen LogP contribution >= 0.6 is 0 Å². The molecule has 0 N–H and O–H groups in total. The van der Waals surface area contributed by atoms with Crippen molar-refractivity contribution in [2.24, 2.45) is 0 Å². The minimum Gasteiger partial charge on any atom is -0.437 e. The number of hydrogen-bond acceptors (Lipinski definition) is 5. The molecule has 1 aromatic heterocycles. The van der Waals surface area contributed by atoms with E-state index in [2.05, 4.69) is 4.98 Å². The van der Waals surface area contributed by atoms with Crippen molar-refractivity contribution in [3.8, 4) is 17.3 Å². The average Bonchev–Trinajstić information content (AvgIpc) is 2.71. The summed E-state index contributed by atoms with van der Waals surface area (Å²) in [6, 6.07) is 9.24. The molecule has 0 unspecified atom stereocenters. The summed E-state index contributed by atoms with van der Waals surface area (Å²) >= 11 is 0. The van der Waals surface area contributed by atoms with Crippen LogP contribution in [0.15, 0.2) is 34.7 Å². The molecule has 0 atom stereocenters. The molecule has 0 saturated carbocycles. The summed E-state index contributed by atoms with van der Waals surface area (Å²) in [5.41, 5.74) is 0.772. The molecule has 0 aliphatic heterocycles. The fraction of sp³-hybridized carbons (Fsp3) is 0.308. The van der Waals surface area contributed by atoms with E-state index in [1.807, 2.05) is 30.3 Å². The molecule has 0 amide bonds. The third-order valence-corrected chi connectivity index (χ3v) is 3.75. The largest absolute Gasteiger partial charge is 0.437 e. The number of oxazole rings is 1. The van der Waals surface area contributed by atoms with Crippen molar-refractivity contribution in [1.29, 1.82) is 0 Å². The normalized spacial score (nSPS) is 11.5. The topological polar surface area (TPSA) is 69.4 Å². The van der Waals surface area contributed by atoms with Crippen LogP contribution in [0.2, 0.25) is 0 Å². The first-order valence-corrected chi connectivity index (χ1v) is 7.54. The van der Waals surface area contributed by atoms with Gasteiger partial charge in [0.2, 0.25) is 5.89 Å². The molecule has 6 heteroatoms. The van der Waals surface area contributed by atoms with E-state index >= 15 is 0 Å². The molecule has 102 valence electrons. The Morgan fingerprint density at radius 3 is 2.58 bits per heavy atom. The molecular weight excluding hydrogens is 266 g/mol. The van der Waals surface area contributed by atoms with Gasteiger partial charge in [0.05, 0.1) is 5.75 Å². The minimum absolute atomic E-state index is 0.00676. The van der Waals surface area contributed by atoms with Gasteiger partial charge in [0.1, 0.15) is 0 Å². The summed E-state index contributed by atoms with van der Waals surface area (Å²) < 4.78 is 33.6. The maximum atomic E-state index is 11.6. The zero-order chi connectivity index (χ0) is 13.9. The second-order valence-electron chi connectivity index (χ2n) is 4.09. The highest BCUT2D eigenvalue weighted by molar-refractivity contribution is 7.87. The van der Waals surface area contributed by atoms with Gasteiger partial charge in [0.25, 0.3) is 5.88 Å². The molecule has 0 spiro atoms. The molecular formula is C13H15NO4S. The van der Waals surface area contributed by atoms with Crippen LogP contribution in [0, 0.1) is 6.92 Å². The van der Waals surface area contributed by atoms with Crippen molar-refractivity contribution in [2.75, 3.05) is 5.75 Å². The standard InChI is InChI=1S/C13H15NO4S/c1-3-9-19(15,16)18-12-10(2)17-13(14-12)11-7-5-4-6-8-11/h4-8H,3,9H2,1-2H3. The Morgan fingerprint density at radius 2 is 1.95 bits per heavy atom. The van der Waals surface area contributed by atoms with Crippen LogP contribution in [0.3, 0.4) is 0 Å². The van der Waals surface area contributed by atoms with E-state index in [9.17, 15) is 8.42 Å². The van der Waals surface area contributed by atoms with Crippen LogP contribution in [0.25, 0.3) is 11.5 Å². The molecule has 5 nitrogen and oxygen atoms in total. The van der Waals surface area contributed by atoms with E-state index in [1.165, 1.54) is 0 Å². The first-order chi connectivity index (χ1) is 9.02. The maximum absolute atomic E-state index is 11.6. The van der Waals surface area contributed by atoms with Crippen molar-refractivity contribution >= 4 is 10.1 Å². The minimum atomic E-state index is -3.60. The molecule has 0 aliphatic carbocycles. The summed E-state index contributed by atoms with van der Waals surface area (Å²) in [7, 11) is -3.60. The van der Waals surface area contributed by atoms with Gasteiger partial charge < -0.3 is 8.60 Å². The van der Waals surface area contributed by atoms with Crippen molar-refractivity contribution < 1.29 is 17.0 Å². The van der Waals surface area contributed by atoms with Crippen LogP contribution in [0.5, 0.6) is 5.88 Å². The Bertz CT molecular complexity index is 647. The summed E-state index contributed by atoms with van der Waals surface area (Å²) in [5.74, 6) is 0.658. The lowest BCUT2D eigenvalue weighted by atomic mass is 10.2. The molecule has 0 radical (unpaired) electrons. The van der Waals surface area contributed by atoms with Gasteiger partial charge in [-0.25, -0.2) is 0 Å². The van der Waals surface area contributed by atoms with Gasteiger partial charge in [-0.15, -0.1) is 0 Å². The van der Waals surface area contributed by atoms with Crippen LogP contribution < -0.4 is 4.18 Å². The van der Waals surface area contributed by atoms with E-state index in [0.717, 1.165) is 5.56 Å². The van der Waals surface area contributed by atoms with Gasteiger partial charge >= 0.3 is 10.1 Å². The van der Waals surface area contributed by atoms with Crippen LogP contribution in [0.1, 0.15) is 19.1 Å². The number of benzene rings is 1. The number of aromatic nitrogens is 1. The summed E-state index contributed by atoms with van der Waals surface area (Å²) in [6.45, 7) is 3.39. The van der Waals surface area contributed by atoms with Crippen molar-refractivity contribution in [3.05, 3.63) is 36.1 Å². The lowest BCUT2D eigenvalue weighted by molar-refractivity contribution is 0.463. The highest BCUT2D eigenvalue weighted by Gasteiger charge is 2.19. The molecule has 0 fully saturated rings. The first-order valence-electron chi connectivity index (χ1n) is 5.97. The molecule has 19 heavy (non-hydrogen) atoms. The van der Waals surface area contributed by atoms with Crippen LogP contribution in [0.4, 0.5) is 0 Å². The lowest BCUT2D eigenvalue weighted by Gasteiger charge is -2.01. The van der Waals surface area contributed by atoms with E-state index in [-0.39, 0.29) is 11.6 Å². The Morgan fingerprint density at radius 1 is 1.26 bits per heavy atom. The highest BCUT2D eigenvalue weighted by Crippen LogP contribution is 2.26. The maximum Gasteiger partial charge on any atom is 0.310 e. The first kappa shape index (κ1) is 13.6. The molecule has 0 bridgehead atoms. The number of rotatable bonds is 5. The molecule has 0 aliphatic rings. The molecule has 2 aromatic rings. The van der Waals surface area contributed by atoms with E-state index in [4.69, 9.17) is 8.60 Å². The molecule has 1 aromatic carbocycles. The van der Waals surface area contributed by atoms with Gasteiger partial charge in [-0.3, -0.25) is 0 Å². The van der Waals surface area contributed by atoms with E-state index in [0.29, 0.717) is 18.1 Å². The Balaban J connectivity index is 2.28. The van der Waals surface area contributed by atoms with Gasteiger partial charge in [-0.1, -0.05) is 25.1 Å². The van der Waals surface area contributed by atoms with Crippen LogP contribution in [-0.4, -0.2) is 19.2 Å². The monoisotopic (exact) mass is 281 g/mol. The third-order valence-electron chi connectivity index (χ3n) is 2.43. The van der Waals surface area contributed by atoms with E-state index < -0.39 is 10.1 Å². The fourth-order valence-corrected chi connectivity index (χ4v) is 2.55.